The molecule has 2 heterocycles. The molecule has 0 bridgehead atoms. The molecule has 0 radical (unpaired) electrons. The predicted octanol–water partition coefficient (Wildman–Crippen LogP) is 5.33. The third-order valence-electron chi connectivity index (χ3n) is 3.96. The van der Waals surface area contributed by atoms with E-state index < -0.39 is 5.97 Å². The van der Waals surface area contributed by atoms with Crippen LogP contribution < -0.4 is 0 Å². The van der Waals surface area contributed by atoms with Crippen LogP contribution in [0.25, 0.3) is 32.5 Å². The van der Waals surface area contributed by atoms with E-state index in [1.165, 1.54) is 11.3 Å². The van der Waals surface area contributed by atoms with Crippen LogP contribution in [-0.4, -0.2) is 16.1 Å². The fraction of sp³-hybridized carbons (Fsp3) is 0. The average Bonchev–Trinajstić information content (AvgIpc) is 3.07. The van der Waals surface area contributed by atoms with Gasteiger partial charge in [-0.1, -0.05) is 48.5 Å². The Kier molecular flexibility index (Phi) is 3.59. The summed E-state index contributed by atoms with van der Waals surface area (Å²) < 4.78 is 0.903. The molecule has 0 aliphatic carbocycles. The fourth-order valence-corrected chi connectivity index (χ4v) is 3.86. The number of hydrogen-bond donors (Lipinski definition) is 1. The van der Waals surface area contributed by atoms with Gasteiger partial charge < -0.3 is 5.11 Å². The van der Waals surface area contributed by atoms with E-state index in [4.69, 9.17) is 0 Å². The Morgan fingerprint density at radius 2 is 1.67 bits per heavy atom. The van der Waals surface area contributed by atoms with Crippen LogP contribution in [0.1, 0.15) is 10.4 Å². The van der Waals surface area contributed by atoms with Crippen LogP contribution in [0.2, 0.25) is 0 Å². The van der Waals surface area contributed by atoms with Crippen molar-refractivity contribution >= 4 is 27.4 Å². The number of aromatic carboxylic acids is 1. The molecule has 0 aliphatic rings. The maximum atomic E-state index is 11.3. The number of carbonyl (C=O) groups is 1. The van der Waals surface area contributed by atoms with Crippen molar-refractivity contribution in [1.29, 1.82) is 0 Å². The number of carboxylic acid groups (broad SMARTS) is 1. The van der Waals surface area contributed by atoms with Gasteiger partial charge in [0.05, 0.1) is 16.0 Å². The van der Waals surface area contributed by atoms with E-state index in [1.54, 1.807) is 17.6 Å². The topological polar surface area (TPSA) is 50.2 Å². The summed E-state index contributed by atoms with van der Waals surface area (Å²) in [7, 11) is 0. The van der Waals surface area contributed by atoms with Crippen LogP contribution in [0.4, 0.5) is 0 Å². The number of hydrogen-bond acceptors (Lipinski definition) is 3. The second kappa shape index (κ2) is 5.91. The van der Waals surface area contributed by atoms with Gasteiger partial charge in [0.2, 0.25) is 0 Å². The maximum Gasteiger partial charge on any atom is 0.337 e. The predicted molar refractivity (Wildman–Crippen MR) is 97.5 cm³/mol. The Bertz CT molecular complexity index is 1040. The molecule has 4 aromatic rings. The van der Waals surface area contributed by atoms with Crippen molar-refractivity contribution in [2.45, 2.75) is 0 Å². The van der Waals surface area contributed by atoms with Crippen molar-refractivity contribution < 1.29 is 9.90 Å². The van der Waals surface area contributed by atoms with E-state index in [1.807, 2.05) is 30.3 Å². The SMILES string of the molecule is O=C(O)c1csc2c(-c3cccc(-c4ccccc4)c3)nccc12. The quantitative estimate of drug-likeness (QED) is 0.552. The van der Waals surface area contributed by atoms with E-state index >= 15 is 0 Å². The first-order chi connectivity index (χ1) is 11.7. The lowest BCUT2D eigenvalue weighted by Crippen LogP contribution is -1.94. The highest BCUT2D eigenvalue weighted by Crippen LogP contribution is 2.35. The van der Waals surface area contributed by atoms with Gasteiger partial charge in [0, 0.05) is 22.5 Å². The number of aromatic nitrogens is 1. The molecular formula is C20H13NO2S. The van der Waals surface area contributed by atoms with E-state index in [9.17, 15) is 9.90 Å². The summed E-state index contributed by atoms with van der Waals surface area (Å²) in [5.74, 6) is -0.906. The molecule has 0 atom stereocenters. The standard InChI is InChI=1S/C20H13NO2S/c22-20(23)17-12-24-19-16(17)9-10-21-18(19)15-8-4-7-14(11-15)13-5-2-1-3-6-13/h1-12H,(H,22,23). The third kappa shape index (κ3) is 2.47. The van der Waals surface area contributed by atoms with Crippen molar-refractivity contribution in [1.82, 2.24) is 4.98 Å². The van der Waals surface area contributed by atoms with Gasteiger partial charge >= 0.3 is 5.97 Å². The lowest BCUT2D eigenvalue weighted by Gasteiger charge is -2.06. The molecule has 24 heavy (non-hydrogen) atoms. The lowest BCUT2D eigenvalue weighted by atomic mass is 10.0. The van der Waals surface area contributed by atoms with Gasteiger partial charge in [-0.15, -0.1) is 11.3 Å². The van der Waals surface area contributed by atoms with Crippen LogP contribution in [0.5, 0.6) is 0 Å². The molecule has 0 amide bonds. The van der Waals surface area contributed by atoms with E-state index in [-0.39, 0.29) is 0 Å². The molecule has 0 fully saturated rings. The highest BCUT2D eigenvalue weighted by Gasteiger charge is 2.15. The first-order valence-corrected chi connectivity index (χ1v) is 8.37. The molecule has 0 saturated heterocycles. The summed E-state index contributed by atoms with van der Waals surface area (Å²) in [5, 5.41) is 11.7. The highest BCUT2D eigenvalue weighted by atomic mass is 32.1. The van der Waals surface area contributed by atoms with Crippen LogP contribution >= 0.6 is 11.3 Å². The Balaban J connectivity index is 1.88. The summed E-state index contributed by atoms with van der Waals surface area (Å²) in [5.41, 5.74) is 4.40. The third-order valence-corrected chi connectivity index (χ3v) is 4.97. The minimum atomic E-state index is -0.906. The molecule has 3 nitrogen and oxygen atoms in total. The van der Waals surface area contributed by atoms with Gasteiger partial charge in [-0.25, -0.2) is 4.79 Å². The number of carboxylic acids is 1. The lowest BCUT2D eigenvalue weighted by molar-refractivity contribution is 0.0699. The van der Waals surface area contributed by atoms with E-state index in [0.29, 0.717) is 5.56 Å². The summed E-state index contributed by atoms with van der Waals surface area (Å²) in [6.45, 7) is 0. The molecule has 4 rings (SSSR count). The maximum absolute atomic E-state index is 11.3. The van der Waals surface area contributed by atoms with Crippen molar-refractivity contribution in [3.05, 3.63) is 77.8 Å². The number of thiophene rings is 1. The molecule has 0 saturated carbocycles. The van der Waals surface area contributed by atoms with Crippen LogP contribution in [0, 0.1) is 0 Å². The molecule has 2 aromatic carbocycles. The molecule has 0 spiro atoms. The van der Waals surface area contributed by atoms with E-state index in [0.717, 1.165) is 32.5 Å². The molecule has 116 valence electrons. The van der Waals surface area contributed by atoms with Crippen molar-refractivity contribution in [3.8, 4) is 22.4 Å². The summed E-state index contributed by atoms with van der Waals surface area (Å²) in [6, 6.07) is 20.1. The Morgan fingerprint density at radius 1 is 0.917 bits per heavy atom. The normalized spacial score (nSPS) is 10.8. The Hall–Kier alpha value is -2.98. The smallest absolute Gasteiger partial charge is 0.337 e. The van der Waals surface area contributed by atoms with Crippen LogP contribution in [0.15, 0.2) is 72.2 Å². The molecule has 0 aliphatic heterocycles. The number of pyridine rings is 1. The largest absolute Gasteiger partial charge is 0.478 e. The summed E-state index contributed by atoms with van der Waals surface area (Å²) in [6.07, 6.45) is 1.67. The first-order valence-electron chi connectivity index (χ1n) is 7.49. The molecule has 2 aromatic heterocycles. The number of nitrogens with zero attached hydrogens (tertiary/aromatic N) is 1. The van der Waals surface area contributed by atoms with Gasteiger partial charge in [0.15, 0.2) is 0 Å². The number of benzene rings is 2. The summed E-state index contributed by atoms with van der Waals surface area (Å²) in [4.78, 5) is 15.9. The minimum absolute atomic E-state index is 0.331. The first kappa shape index (κ1) is 14.6. The molecule has 1 N–H and O–H groups in total. The van der Waals surface area contributed by atoms with Gasteiger partial charge in [-0.3, -0.25) is 4.98 Å². The average molecular weight is 331 g/mol. The Labute approximate surface area is 142 Å². The number of rotatable bonds is 3. The van der Waals surface area contributed by atoms with Gasteiger partial charge in [-0.05, 0) is 23.3 Å². The second-order valence-corrected chi connectivity index (χ2v) is 6.32. The van der Waals surface area contributed by atoms with Crippen molar-refractivity contribution in [3.63, 3.8) is 0 Å². The van der Waals surface area contributed by atoms with Crippen LogP contribution in [0.3, 0.4) is 0 Å². The monoisotopic (exact) mass is 331 g/mol. The van der Waals surface area contributed by atoms with Crippen molar-refractivity contribution in [2.24, 2.45) is 0 Å². The van der Waals surface area contributed by atoms with Gasteiger partial charge in [0.1, 0.15) is 0 Å². The fourth-order valence-electron chi connectivity index (χ4n) is 2.81. The summed E-state index contributed by atoms with van der Waals surface area (Å²) >= 11 is 1.42. The zero-order valence-electron chi connectivity index (χ0n) is 12.6. The number of fused-ring (bicyclic) bond motifs is 1. The zero-order chi connectivity index (χ0) is 16.5. The van der Waals surface area contributed by atoms with Gasteiger partial charge in [0.25, 0.3) is 0 Å². The molecule has 4 heteroatoms. The minimum Gasteiger partial charge on any atom is -0.478 e. The van der Waals surface area contributed by atoms with Gasteiger partial charge in [-0.2, -0.15) is 0 Å². The highest BCUT2D eigenvalue weighted by molar-refractivity contribution is 7.18. The van der Waals surface area contributed by atoms with E-state index in [2.05, 4.69) is 29.2 Å². The zero-order valence-corrected chi connectivity index (χ0v) is 13.5. The Morgan fingerprint density at radius 3 is 2.46 bits per heavy atom. The molecule has 0 unspecified atom stereocenters. The second-order valence-electron chi connectivity index (χ2n) is 5.44. The molecular weight excluding hydrogens is 318 g/mol. The van der Waals surface area contributed by atoms with Crippen LogP contribution in [-0.2, 0) is 0 Å². The van der Waals surface area contributed by atoms with Crippen molar-refractivity contribution in [2.75, 3.05) is 0 Å².